The van der Waals surface area contributed by atoms with Crippen molar-refractivity contribution in [3.05, 3.63) is 40.5 Å². The third-order valence-electron chi connectivity index (χ3n) is 2.66. The van der Waals surface area contributed by atoms with Crippen LogP contribution in [0.3, 0.4) is 0 Å². The fourth-order valence-corrected chi connectivity index (χ4v) is 2.57. The van der Waals surface area contributed by atoms with Gasteiger partial charge in [-0.25, -0.2) is 14.8 Å². The first kappa shape index (κ1) is 13.5. The SMILES string of the molecule is CCCC(Nc1cnc(C(=O)O)cn1)c1cccs1. The molecule has 2 aromatic heterocycles. The molecule has 0 saturated heterocycles. The van der Waals surface area contributed by atoms with Crippen molar-refractivity contribution in [1.82, 2.24) is 9.97 Å². The smallest absolute Gasteiger partial charge is 0.356 e. The Morgan fingerprint density at radius 3 is 2.84 bits per heavy atom. The molecule has 0 aliphatic carbocycles. The van der Waals surface area contributed by atoms with Crippen molar-refractivity contribution in [2.24, 2.45) is 0 Å². The molecule has 100 valence electrons. The van der Waals surface area contributed by atoms with Gasteiger partial charge in [0.15, 0.2) is 5.69 Å². The van der Waals surface area contributed by atoms with Crippen LogP contribution >= 0.6 is 11.3 Å². The molecule has 1 unspecified atom stereocenters. The van der Waals surface area contributed by atoms with Crippen LogP contribution in [0.2, 0.25) is 0 Å². The molecule has 5 nitrogen and oxygen atoms in total. The van der Waals surface area contributed by atoms with E-state index in [-0.39, 0.29) is 11.7 Å². The second-order valence-electron chi connectivity index (χ2n) is 4.09. The highest BCUT2D eigenvalue weighted by Crippen LogP contribution is 2.26. The summed E-state index contributed by atoms with van der Waals surface area (Å²) in [4.78, 5) is 19.9. The lowest BCUT2D eigenvalue weighted by Crippen LogP contribution is -2.11. The first-order valence-electron chi connectivity index (χ1n) is 6.06. The van der Waals surface area contributed by atoms with Crippen molar-refractivity contribution >= 4 is 23.1 Å². The summed E-state index contributed by atoms with van der Waals surface area (Å²) >= 11 is 1.69. The lowest BCUT2D eigenvalue weighted by Gasteiger charge is -2.17. The minimum atomic E-state index is -1.07. The molecule has 0 aliphatic rings. The van der Waals surface area contributed by atoms with Crippen molar-refractivity contribution in [2.45, 2.75) is 25.8 Å². The molecule has 2 aromatic rings. The molecule has 0 saturated carbocycles. The number of hydrogen-bond donors (Lipinski definition) is 2. The van der Waals surface area contributed by atoms with Crippen LogP contribution < -0.4 is 5.32 Å². The molecule has 0 radical (unpaired) electrons. The molecule has 1 atom stereocenters. The van der Waals surface area contributed by atoms with Gasteiger partial charge in [0.25, 0.3) is 0 Å². The van der Waals surface area contributed by atoms with Gasteiger partial charge in [0.2, 0.25) is 0 Å². The van der Waals surface area contributed by atoms with E-state index in [1.165, 1.54) is 17.3 Å². The zero-order valence-corrected chi connectivity index (χ0v) is 11.4. The van der Waals surface area contributed by atoms with Crippen LogP contribution in [0.5, 0.6) is 0 Å². The largest absolute Gasteiger partial charge is 0.476 e. The van der Waals surface area contributed by atoms with Crippen LogP contribution in [-0.4, -0.2) is 21.0 Å². The minimum Gasteiger partial charge on any atom is -0.476 e. The van der Waals surface area contributed by atoms with E-state index in [9.17, 15) is 4.79 Å². The van der Waals surface area contributed by atoms with Crippen LogP contribution in [0.25, 0.3) is 0 Å². The Morgan fingerprint density at radius 1 is 1.47 bits per heavy atom. The van der Waals surface area contributed by atoms with E-state index in [1.807, 2.05) is 11.4 Å². The summed E-state index contributed by atoms with van der Waals surface area (Å²) in [7, 11) is 0. The van der Waals surface area contributed by atoms with E-state index >= 15 is 0 Å². The third kappa shape index (κ3) is 3.51. The van der Waals surface area contributed by atoms with Gasteiger partial charge in [-0.2, -0.15) is 0 Å². The molecule has 0 amide bonds. The average molecular weight is 277 g/mol. The highest BCUT2D eigenvalue weighted by Gasteiger charge is 2.13. The number of carboxylic acid groups (broad SMARTS) is 1. The molecular weight excluding hydrogens is 262 g/mol. The Bertz CT molecular complexity index is 525. The summed E-state index contributed by atoms with van der Waals surface area (Å²) < 4.78 is 0. The predicted molar refractivity (Wildman–Crippen MR) is 74.6 cm³/mol. The lowest BCUT2D eigenvalue weighted by atomic mass is 10.1. The van der Waals surface area contributed by atoms with Crippen molar-refractivity contribution in [2.75, 3.05) is 5.32 Å². The first-order valence-corrected chi connectivity index (χ1v) is 6.94. The number of rotatable bonds is 6. The van der Waals surface area contributed by atoms with Crippen molar-refractivity contribution in [1.29, 1.82) is 0 Å². The molecule has 2 N–H and O–H groups in total. The quantitative estimate of drug-likeness (QED) is 0.848. The zero-order chi connectivity index (χ0) is 13.7. The molecule has 0 fully saturated rings. The maximum atomic E-state index is 10.7. The number of nitrogens with one attached hydrogen (secondary N) is 1. The standard InChI is InChI=1S/C13H15N3O2S/c1-2-4-9(11-5-3-6-19-11)16-12-8-14-10(7-15-12)13(17)18/h3,5-9H,2,4H2,1H3,(H,15,16)(H,17,18). The van der Waals surface area contributed by atoms with Crippen molar-refractivity contribution < 1.29 is 9.90 Å². The molecular formula is C13H15N3O2S. The fraction of sp³-hybridized carbons (Fsp3) is 0.308. The van der Waals surface area contributed by atoms with Gasteiger partial charge in [-0.1, -0.05) is 19.4 Å². The number of anilines is 1. The number of carboxylic acids is 1. The van der Waals surface area contributed by atoms with Crippen LogP contribution in [0.1, 0.15) is 41.2 Å². The number of nitrogens with zero attached hydrogens (tertiary/aromatic N) is 2. The average Bonchev–Trinajstić information content (AvgIpc) is 2.92. The van der Waals surface area contributed by atoms with Crippen LogP contribution in [0.4, 0.5) is 5.82 Å². The number of hydrogen-bond acceptors (Lipinski definition) is 5. The molecule has 0 aromatic carbocycles. The topological polar surface area (TPSA) is 75.1 Å². The number of thiophene rings is 1. The third-order valence-corrected chi connectivity index (χ3v) is 3.64. The van der Waals surface area contributed by atoms with Crippen LogP contribution in [-0.2, 0) is 0 Å². The van der Waals surface area contributed by atoms with E-state index in [4.69, 9.17) is 5.11 Å². The maximum Gasteiger partial charge on any atom is 0.356 e. The lowest BCUT2D eigenvalue weighted by molar-refractivity contribution is 0.0690. The Morgan fingerprint density at radius 2 is 2.32 bits per heavy atom. The van der Waals surface area contributed by atoms with E-state index in [2.05, 4.69) is 28.3 Å². The van der Waals surface area contributed by atoms with Gasteiger partial charge in [-0.15, -0.1) is 11.3 Å². The molecule has 19 heavy (non-hydrogen) atoms. The Hall–Kier alpha value is -1.95. The summed E-state index contributed by atoms with van der Waals surface area (Å²) in [6.07, 6.45) is 4.76. The Kier molecular flexibility index (Phi) is 4.46. The van der Waals surface area contributed by atoms with Gasteiger partial charge in [-0.3, -0.25) is 0 Å². The first-order chi connectivity index (χ1) is 9.20. The van der Waals surface area contributed by atoms with Crippen LogP contribution in [0, 0.1) is 0 Å². The summed E-state index contributed by atoms with van der Waals surface area (Å²) in [6, 6.07) is 4.29. The monoisotopic (exact) mass is 277 g/mol. The van der Waals surface area contributed by atoms with Crippen molar-refractivity contribution in [3.63, 3.8) is 0 Å². The van der Waals surface area contributed by atoms with Gasteiger partial charge in [0.05, 0.1) is 18.4 Å². The molecule has 2 heterocycles. The normalized spacial score (nSPS) is 12.1. The summed E-state index contributed by atoms with van der Waals surface area (Å²) in [5.74, 6) is -0.473. The van der Waals surface area contributed by atoms with E-state index < -0.39 is 5.97 Å². The second kappa shape index (κ2) is 6.29. The van der Waals surface area contributed by atoms with Gasteiger partial charge in [-0.05, 0) is 17.9 Å². The summed E-state index contributed by atoms with van der Waals surface area (Å²) in [5, 5.41) is 14.1. The van der Waals surface area contributed by atoms with Gasteiger partial charge >= 0.3 is 5.97 Å². The highest BCUT2D eigenvalue weighted by atomic mass is 32.1. The van der Waals surface area contributed by atoms with E-state index in [1.54, 1.807) is 11.3 Å². The predicted octanol–water partition coefficient (Wildman–Crippen LogP) is 3.19. The summed E-state index contributed by atoms with van der Waals surface area (Å²) in [5.41, 5.74) is -0.0475. The second-order valence-corrected chi connectivity index (χ2v) is 5.07. The molecule has 0 bridgehead atoms. The molecule has 2 rings (SSSR count). The minimum absolute atomic E-state index is 0.0475. The van der Waals surface area contributed by atoms with Crippen molar-refractivity contribution in [3.8, 4) is 0 Å². The number of aromatic nitrogens is 2. The van der Waals surface area contributed by atoms with E-state index in [0.717, 1.165) is 12.8 Å². The number of aromatic carboxylic acids is 1. The zero-order valence-electron chi connectivity index (χ0n) is 10.5. The Labute approximate surface area is 115 Å². The van der Waals surface area contributed by atoms with E-state index in [0.29, 0.717) is 5.82 Å². The molecule has 6 heteroatoms. The highest BCUT2D eigenvalue weighted by molar-refractivity contribution is 7.10. The molecule has 0 aliphatic heterocycles. The van der Waals surface area contributed by atoms with Gasteiger partial charge in [0.1, 0.15) is 5.82 Å². The van der Waals surface area contributed by atoms with Gasteiger partial charge in [0, 0.05) is 4.88 Å². The number of carbonyl (C=O) groups is 1. The van der Waals surface area contributed by atoms with Gasteiger partial charge < -0.3 is 10.4 Å². The van der Waals surface area contributed by atoms with Crippen LogP contribution in [0.15, 0.2) is 29.9 Å². The fourth-order valence-electron chi connectivity index (χ4n) is 1.76. The Balaban J connectivity index is 2.11. The summed E-state index contributed by atoms with van der Waals surface area (Å²) in [6.45, 7) is 2.13. The maximum absolute atomic E-state index is 10.7. The molecule has 0 spiro atoms.